The predicted octanol–water partition coefficient (Wildman–Crippen LogP) is 3.02. The third-order valence-electron chi connectivity index (χ3n) is 4.08. The number of nitrogens with zero attached hydrogens (tertiary/aromatic N) is 4. The summed E-state index contributed by atoms with van der Waals surface area (Å²) in [5.41, 5.74) is -2.40. The summed E-state index contributed by atoms with van der Waals surface area (Å²) < 4.78 is 13.8. The highest BCUT2D eigenvalue weighted by Crippen LogP contribution is 2.22. The molecule has 3 aromatic rings. The second-order valence-corrected chi connectivity index (χ2v) is 5.90. The molecule has 0 spiro atoms. The highest BCUT2D eigenvalue weighted by molar-refractivity contribution is 5.93. The molecular weight excluding hydrogens is 395 g/mol. The van der Waals surface area contributed by atoms with Crippen LogP contribution in [-0.2, 0) is 0 Å². The number of carboxylic acid groups (broad SMARTS) is 1. The number of nitro benzene ring substituents is 1. The summed E-state index contributed by atoms with van der Waals surface area (Å²) in [5.74, 6) is -2.10. The van der Waals surface area contributed by atoms with Gasteiger partial charge < -0.3 is 5.11 Å². The second-order valence-electron chi connectivity index (χ2n) is 5.90. The average molecular weight is 406 g/mol. The molecule has 148 valence electrons. The topological polar surface area (TPSA) is 139 Å². The number of nitro groups is 1. The second kappa shape index (κ2) is 8.15. The van der Waals surface area contributed by atoms with Gasteiger partial charge in [-0.2, -0.15) is 15.0 Å². The van der Waals surface area contributed by atoms with Crippen molar-refractivity contribution in [2.45, 2.75) is 0 Å². The maximum Gasteiger partial charge on any atom is 0.357 e. The molecule has 10 heteroatoms. The fraction of sp³-hybridized carbons (Fsp3) is 0. The lowest BCUT2D eigenvalue weighted by Crippen LogP contribution is -2.28. The van der Waals surface area contributed by atoms with Crippen LogP contribution >= 0.6 is 0 Å². The van der Waals surface area contributed by atoms with E-state index in [9.17, 15) is 34.5 Å². The van der Waals surface area contributed by atoms with Crippen LogP contribution in [0.25, 0.3) is 17.8 Å². The molecule has 0 atom stereocenters. The molecule has 30 heavy (non-hydrogen) atoms. The molecule has 1 heterocycles. The fourth-order valence-electron chi connectivity index (χ4n) is 2.69. The van der Waals surface area contributed by atoms with Crippen LogP contribution in [0.2, 0.25) is 0 Å². The smallest absolute Gasteiger partial charge is 0.357 e. The van der Waals surface area contributed by atoms with Crippen molar-refractivity contribution < 1.29 is 19.2 Å². The summed E-state index contributed by atoms with van der Waals surface area (Å²) in [7, 11) is 0. The largest absolute Gasteiger partial charge is 0.476 e. The molecule has 0 saturated carbocycles. The van der Waals surface area contributed by atoms with Crippen molar-refractivity contribution in [1.29, 1.82) is 5.26 Å². The van der Waals surface area contributed by atoms with E-state index in [1.165, 1.54) is 36.4 Å². The Hall–Kier alpha value is -4.65. The van der Waals surface area contributed by atoms with Gasteiger partial charge in [0.25, 0.3) is 11.2 Å². The monoisotopic (exact) mass is 406 g/mol. The minimum Gasteiger partial charge on any atom is -0.476 e. The van der Waals surface area contributed by atoms with Gasteiger partial charge in [-0.1, -0.05) is 18.2 Å². The average Bonchev–Trinajstić information content (AvgIpc) is 2.73. The SMILES string of the molecule is N#Cc1c(/C=C/c2ccccc2[N+](=O)[O-])c(C(=O)O)nn(-c2ccc(F)cc2)c1=O. The molecule has 1 N–H and O–H groups in total. The normalized spacial score (nSPS) is 10.7. The number of hydrogen-bond donors (Lipinski definition) is 1. The van der Waals surface area contributed by atoms with E-state index in [0.29, 0.717) is 4.68 Å². The molecular formula is C20H11FN4O5. The van der Waals surface area contributed by atoms with Gasteiger partial charge in [0.15, 0.2) is 5.69 Å². The van der Waals surface area contributed by atoms with Gasteiger partial charge >= 0.3 is 5.97 Å². The van der Waals surface area contributed by atoms with Crippen molar-refractivity contribution in [3.8, 4) is 11.8 Å². The highest BCUT2D eigenvalue weighted by Gasteiger charge is 2.21. The number of benzene rings is 2. The van der Waals surface area contributed by atoms with E-state index in [-0.39, 0.29) is 22.5 Å². The van der Waals surface area contributed by atoms with E-state index in [1.54, 1.807) is 12.1 Å². The lowest BCUT2D eigenvalue weighted by molar-refractivity contribution is -0.385. The van der Waals surface area contributed by atoms with E-state index < -0.39 is 33.5 Å². The molecule has 0 unspecified atom stereocenters. The summed E-state index contributed by atoms with van der Waals surface area (Å²) in [4.78, 5) is 35.0. The van der Waals surface area contributed by atoms with Crippen LogP contribution < -0.4 is 5.56 Å². The van der Waals surface area contributed by atoms with Gasteiger partial charge in [-0.15, -0.1) is 0 Å². The molecule has 2 aromatic carbocycles. The van der Waals surface area contributed by atoms with Gasteiger partial charge in [-0.05, 0) is 36.4 Å². The van der Waals surface area contributed by atoms with Gasteiger partial charge in [0.05, 0.1) is 16.2 Å². The summed E-state index contributed by atoms with van der Waals surface area (Å²) in [6.45, 7) is 0. The Kier molecular flexibility index (Phi) is 5.46. The van der Waals surface area contributed by atoms with Gasteiger partial charge in [-0.3, -0.25) is 14.9 Å². The molecule has 0 bridgehead atoms. The maximum absolute atomic E-state index is 13.2. The van der Waals surface area contributed by atoms with Crippen molar-refractivity contribution >= 4 is 23.8 Å². The summed E-state index contributed by atoms with van der Waals surface area (Å²) in [6.07, 6.45) is 2.35. The summed E-state index contributed by atoms with van der Waals surface area (Å²) in [6, 6.07) is 11.9. The lowest BCUT2D eigenvalue weighted by atomic mass is 10.1. The number of carboxylic acids is 1. The standard InChI is InChI=1S/C20H11FN4O5/c21-13-6-8-14(9-7-13)24-19(26)16(11-22)15(18(23-24)20(27)28)10-5-12-3-1-2-4-17(12)25(29)30/h1-10H,(H,27,28)/b10-5+. The Balaban J connectivity index is 2.23. The van der Waals surface area contributed by atoms with Gasteiger partial charge in [0.2, 0.25) is 0 Å². The molecule has 1 aromatic heterocycles. The van der Waals surface area contributed by atoms with Crippen molar-refractivity contribution in [1.82, 2.24) is 9.78 Å². The lowest BCUT2D eigenvalue weighted by Gasteiger charge is -2.09. The molecule has 0 radical (unpaired) electrons. The Bertz CT molecular complexity index is 1290. The summed E-state index contributed by atoms with van der Waals surface area (Å²) >= 11 is 0. The van der Waals surface area contributed by atoms with Crippen molar-refractivity contribution in [2.75, 3.05) is 0 Å². The van der Waals surface area contributed by atoms with Crippen molar-refractivity contribution in [2.24, 2.45) is 0 Å². The van der Waals surface area contributed by atoms with Gasteiger partial charge in [0.1, 0.15) is 17.4 Å². The number of aromatic carboxylic acids is 1. The number of nitriles is 1. The van der Waals surface area contributed by atoms with E-state index in [4.69, 9.17) is 0 Å². The first kappa shape index (κ1) is 20.1. The van der Waals surface area contributed by atoms with E-state index in [1.807, 2.05) is 0 Å². The highest BCUT2D eigenvalue weighted by atomic mass is 19.1. The zero-order valence-corrected chi connectivity index (χ0v) is 15.0. The Morgan fingerprint density at radius 1 is 1.20 bits per heavy atom. The van der Waals surface area contributed by atoms with Gasteiger partial charge in [0, 0.05) is 11.6 Å². The van der Waals surface area contributed by atoms with E-state index in [0.717, 1.165) is 18.2 Å². The number of aromatic nitrogens is 2. The molecule has 0 aliphatic rings. The van der Waals surface area contributed by atoms with Crippen molar-refractivity contribution in [3.05, 3.63) is 97.2 Å². The zero-order chi connectivity index (χ0) is 21.8. The molecule has 0 fully saturated rings. The molecule has 0 aliphatic heterocycles. The Labute approximate surface area is 167 Å². The number of halogens is 1. The first-order chi connectivity index (χ1) is 14.3. The third kappa shape index (κ3) is 3.81. The van der Waals surface area contributed by atoms with Crippen molar-refractivity contribution in [3.63, 3.8) is 0 Å². The zero-order valence-electron chi connectivity index (χ0n) is 15.0. The molecule has 9 nitrogen and oxygen atoms in total. The number of para-hydroxylation sites is 1. The minimum atomic E-state index is -1.52. The first-order valence-electron chi connectivity index (χ1n) is 8.31. The molecule has 0 saturated heterocycles. The summed E-state index contributed by atoms with van der Waals surface area (Å²) in [5, 5.41) is 34.0. The van der Waals surface area contributed by atoms with Crippen LogP contribution in [0.1, 0.15) is 27.2 Å². The maximum atomic E-state index is 13.2. The number of rotatable bonds is 5. The van der Waals surface area contributed by atoms with Crippen LogP contribution in [0.4, 0.5) is 10.1 Å². The van der Waals surface area contributed by atoms with Crippen LogP contribution in [-0.4, -0.2) is 25.8 Å². The van der Waals surface area contributed by atoms with E-state index >= 15 is 0 Å². The van der Waals surface area contributed by atoms with E-state index in [2.05, 4.69) is 5.10 Å². The Morgan fingerprint density at radius 2 is 1.87 bits per heavy atom. The first-order valence-corrected chi connectivity index (χ1v) is 8.31. The fourth-order valence-corrected chi connectivity index (χ4v) is 2.69. The minimum absolute atomic E-state index is 0.0645. The number of hydrogen-bond acceptors (Lipinski definition) is 6. The third-order valence-corrected chi connectivity index (χ3v) is 4.08. The van der Waals surface area contributed by atoms with Crippen LogP contribution in [0, 0.1) is 27.3 Å². The van der Waals surface area contributed by atoms with Gasteiger partial charge in [-0.25, -0.2) is 9.18 Å². The number of carbonyl (C=O) groups is 1. The Morgan fingerprint density at radius 3 is 2.47 bits per heavy atom. The van der Waals surface area contributed by atoms with Crippen LogP contribution in [0.5, 0.6) is 0 Å². The molecule has 0 amide bonds. The molecule has 3 rings (SSSR count). The quantitative estimate of drug-likeness (QED) is 0.507. The molecule has 0 aliphatic carbocycles. The van der Waals surface area contributed by atoms with Crippen LogP contribution in [0.3, 0.4) is 0 Å². The van der Waals surface area contributed by atoms with Crippen LogP contribution in [0.15, 0.2) is 53.3 Å². The predicted molar refractivity (Wildman–Crippen MR) is 103 cm³/mol.